The molecule has 0 saturated heterocycles. The summed E-state index contributed by atoms with van der Waals surface area (Å²) in [6.45, 7) is 3.30. The molecule has 1 aromatic carbocycles. The fourth-order valence-corrected chi connectivity index (χ4v) is 3.97. The Hall–Kier alpha value is -1.51. The molecule has 3 nitrogen and oxygen atoms in total. The van der Waals surface area contributed by atoms with Gasteiger partial charge < -0.3 is 10.1 Å². The minimum atomic E-state index is 0.662. The Balaban J connectivity index is 1.94. The van der Waals surface area contributed by atoms with Crippen LogP contribution in [0.1, 0.15) is 51.0 Å². The van der Waals surface area contributed by atoms with Crippen molar-refractivity contribution in [1.82, 2.24) is 0 Å². The molecular weight excluding hydrogens is 248 g/mol. The van der Waals surface area contributed by atoms with Crippen molar-refractivity contribution < 1.29 is 5.21 Å². The first-order chi connectivity index (χ1) is 9.85. The lowest BCUT2D eigenvalue weighted by molar-refractivity contribution is 0.284. The SMILES string of the molecule is CCC1CCCCC1N1CCC(=NO)c2ccccc21. The van der Waals surface area contributed by atoms with E-state index in [2.05, 4.69) is 35.2 Å². The van der Waals surface area contributed by atoms with Crippen LogP contribution >= 0.6 is 0 Å². The van der Waals surface area contributed by atoms with Crippen molar-refractivity contribution in [2.24, 2.45) is 11.1 Å². The lowest BCUT2D eigenvalue weighted by Crippen LogP contribution is -2.46. The van der Waals surface area contributed by atoms with E-state index in [0.717, 1.165) is 30.2 Å². The van der Waals surface area contributed by atoms with E-state index in [9.17, 15) is 5.21 Å². The number of nitrogens with zero attached hydrogens (tertiary/aromatic N) is 2. The molecule has 2 atom stereocenters. The van der Waals surface area contributed by atoms with Gasteiger partial charge in [0.25, 0.3) is 0 Å². The number of hydrogen-bond acceptors (Lipinski definition) is 3. The van der Waals surface area contributed by atoms with E-state index in [-0.39, 0.29) is 0 Å². The second-order valence-electron chi connectivity index (χ2n) is 6.03. The molecule has 1 aliphatic carbocycles. The lowest BCUT2D eigenvalue weighted by atomic mass is 9.80. The highest BCUT2D eigenvalue weighted by Crippen LogP contribution is 2.37. The molecule has 20 heavy (non-hydrogen) atoms. The van der Waals surface area contributed by atoms with Gasteiger partial charge in [0.15, 0.2) is 0 Å². The summed E-state index contributed by atoms with van der Waals surface area (Å²) in [6.07, 6.45) is 7.51. The second kappa shape index (κ2) is 5.86. The number of oxime groups is 1. The highest BCUT2D eigenvalue weighted by molar-refractivity contribution is 6.06. The van der Waals surface area contributed by atoms with E-state index in [0.29, 0.717) is 6.04 Å². The molecule has 1 heterocycles. The summed E-state index contributed by atoms with van der Waals surface area (Å²) in [7, 11) is 0. The first-order valence-corrected chi connectivity index (χ1v) is 7.92. The van der Waals surface area contributed by atoms with Gasteiger partial charge >= 0.3 is 0 Å². The van der Waals surface area contributed by atoms with Gasteiger partial charge in [0.05, 0.1) is 5.71 Å². The molecule has 108 valence electrons. The summed E-state index contributed by atoms with van der Waals surface area (Å²) >= 11 is 0. The largest absolute Gasteiger partial charge is 0.411 e. The maximum atomic E-state index is 9.20. The van der Waals surface area contributed by atoms with E-state index < -0.39 is 0 Å². The van der Waals surface area contributed by atoms with Crippen molar-refractivity contribution in [3.05, 3.63) is 29.8 Å². The maximum absolute atomic E-state index is 9.20. The molecule has 1 aliphatic heterocycles. The first-order valence-electron chi connectivity index (χ1n) is 7.92. The zero-order chi connectivity index (χ0) is 13.9. The fourth-order valence-electron chi connectivity index (χ4n) is 3.97. The number of hydrogen-bond donors (Lipinski definition) is 1. The maximum Gasteiger partial charge on any atom is 0.0906 e. The van der Waals surface area contributed by atoms with Crippen LogP contribution in [0, 0.1) is 5.92 Å². The monoisotopic (exact) mass is 272 g/mol. The number of anilines is 1. The molecule has 3 heteroatoms. The second-order valence-corrected chi connectivity index (χ2v) is 6.03. The molecule has 0 spiro atoms. The van der Waals surface area contributed by atoms with Gasteiger partial charge in [0.2, 0.25) is 0 Å². The molecular formula is C17H24N2O. The minimum absolute atomic E-state index is 0.662. The van der Waals surface area contributed by atoms with E-state index in [1.807, 2.05) is 6.07 Å². The summed E-state index contributed by atoms with van der Waals surface area (Å²) in [5, 5.41) is 12.7. The molecule has 1 N–H and O–H groups in total. The van der Waals surface area contributed by atoms with E-state index >= 15 is 0 Å². The van der Waals surface area contributed by atoms with Gasteiger partial charge in [-0.1, -0.05) is 49.5 Å². The van der Waals surface area contributed by atoms with Crippen LogP contribution in [0.2, 0.25) is 0 Å². The van der Waals surface area contributed by atoms with Crippen LogP contribution in [-0.4, -0.2) is 23.5 Å². The Kier molecular flexibility index (Phi) is 3.95. The van der Waals surface area contributed by atoms with Crippen LogP contribution in [0.4, 0.5) is 5.69 Å². The van der Waals surface area contributed by atoms with Crippen molar-refractivity contribution in [2.45, 2.75) is 51.5 Å². The summed E-state index contributed by atoms with van der Waals surface area (Å²) in [5.41, 5.74) is 3.21. The van der Waals surface area contributed by atoms with Crippen molar-refractivity contribution in [1.29, 1.82) is 0 Å². The van der Waals surface area contributed by atoms with Crippen LogP contribution in [0.5, 0.6) is 0 Å². The Labute approximate surface area is 121 Å². The van der Waals surface area contributed by atoms with Crippen molar-refractivity contribution in [3.8, 4) is 0 Å². The molecule has 1 fully saturated rings. The Bertz CT molecular complexity index is 498. The molecule has 0 amide bonds. The molecule has 1 saturated carbocycles. The Morgan fingerprint density at radius 1 is 1.25 bits per heavy atom. The predicted octanol–water partition coefficient (Wildman–Crippen LogP) is 4.04. The molecule has 2 unspecified atom stereocenters. The Morgan fingerprint density at radius 3 is 2.85 bits per heavy atom. The van der Waals surface area contributed by atoms with Gasteiger partial charge in [0.1, 0.15) is 0 Å². The molecule has 0 aromatic heterocycles. The molecule has 2 aliphatic rings. The van der Waals surface area contributed by atoms with Gasteiger partial charge in [-0.05, 0) is 24.8 Å². The number of fused-ring (bicyclic) bond motifs is 1. The summed E-state index contributed by atoms with van der Waals surface area (Å²) < 4.78 is 0. The van der Waals surface area contributed by atoms with E-state index in [1.165, 1.54) is 37.8 Å². The smallest absolute Gasteiger partial charge is 0.0906 e. The molecule has 1 aromatic rings. The predicted molar refractivity (Wildman–Crippen MR) is 82.8 cm³/mol. The highest BCUT2D eigenvalue weighted by Gasteiger charge is 2.32. The minimum Gasteiger partial charge on any atom is -0.411 e. The van der Waals surface area contributed by atoms with Gasteiger partial charge in [-0.25, -0.2) is 0 Å². The molecule has 3 rings (SSSR count). The zero-order valence-corrected chi connectivity index (χ0v) is 12.3. The van der Waals surface area contributed by atoms with Crippen molar-refractivity contribution >= 4 is 11.4 Å². The van der Waals surface area contributed by atoms with E-state index in [4.69, 9.17) is 0 Å². The number of para-hydroxylation sites is 1. The van der Waals surface area contributed by atoms with Gasteiger partial charge in [-0.3, -0.25) is 0 Å². The number of rotatable bonds is 2. The molecule has 0 bridgehead atoms. The topological polar surface area (TPSA) is 35.8 Å². The van der Waals surface area contributed by atoms with Gasteiger partial charge in [-0.15, -0.1) is 0 Å². The van der Waals surface area contributed by atoms with Crippen LogP contribution in [0.15, 0.2) is 29.4 Å². The van der Waals surface area contributed by atoms with Crippen molar-refractivity contribution in [3.63, 3.8) is 0 Å². The average Bonchev–Trinajstić information content (AvgIpc) is 2.53. The summed E-state index contributed by atoms with van der Waals surface area (Å²) in [6, 6.07) is 9.05. The van der Waals surface area contributed by atoms with Crippen LogP contribution in [-0.2, 0) is 0 Å². The van der Waals surface area contributed by atoms with Crippen LogP contribution in [0.3, 0.4) is 0 Å². The first kappa shape index (κ1) is 13.5. The number of benzene rings is 1. The third-order valence-corrected chi connectivity index (χ3v) is 5.03. The fraction of sp³-hybridized carbons (Fsp3) is 0.588. The van der Waals surface area contributed by atoms with Gasteiger partial charge in [-0.2, -0.15) is 0 Å². The van der Waals surface area contributed by atoms with Crippen molar-refractivity contribution in [2.75, 3.05) is 11.4 Å². The van der Waals surface area contributed by atoms with Crippen LogP contribution in [0.25, 0.3) is 0 Å². The normalized spacial score (nSPS) is 28.4. The van der Waals surface area contributed by atoms with Crippen LogP contribution < -0.4 is 4.90 Å². The summed E-state index contributed by atoms with van der Waals surface area (Å²) in [4.78, 5) is 2.58. The van der Waals surface area contributed by atoms with E-state index in [1.54, 1.807) is 0 Å². The quantitative estimate of drug-likeness (QED) is 0.651. The third-order valence-electron chi connectivity index (χ3n) is 5.03. The highest BCUT2D eigenvalue weighted by atomic mass is 16.4. The molecule has 0 radical (unpaired) electrons. The average molecular weight is 272 g/mol. The zero-order valence-electron chi connectivity index (χ0n) is 12.3. The Morgan fingerprint density at radius 2 is 2.05 bits per heavy atom. The standard InChI is InChI=1S/C17H24N2O/c1-2-13-7-3-5-9-16(13)19-12-11-15(18-20)14-8-4-6-10-17(14)19/h4,6,8,10,13,16,20H,2-3,5,7,9,11-12H2,1H3. The third kappa shape index (κ3) is 2.30. The lowest BCUT2D eigenvalue weighted by Gasteiger charge is -2.44. The summed E-state index contributed by atoms with van der Waals surface area (Å²) in [5.74, 6) is 0.810. The van der Waals surface area contributed by atoms with Gasteiger partial charge in [0, 0.05) is 30.3 Å².